The van der Waals surface area contributed by atoms with Crippen LogP contribution in [0.4, 0.5) is 0 Å². The van der Waals surface area contributed by atoms with Gasteiger partial charge in [-0.25, -0.2) is 4.98 Å². The fourth-order valence-electron chi connectivity index (χ4n) is 2.14. The Morgan fingerprint density at radius 2 is 2.00 bits per heavy atom. The van der Waals surface area contributed by atoms with Gasteiger partial charge in [0.15, 0.2) is 0 Å². The average Bonchev–Trinajstić information content (AvgIpc) is 2.76. The highest BCUT2D eigenvalue weighted by Crippen LogP contribution is 2.15. The number of hydrogen-bond acceptors (Lipinski definition) is 2. The topological polar surface area (TPSA) is 29.9 Å². The highest BCUT2D eigenvalue weighted by atomic mass is 15.0. The Morgan fingerprint density at radius 1 is 1.28 bits per heavy atom. The Labute approximate surface area is 109 Å². The molecule has 0 fully saturated rings. The predicted molar refractivity (Wildman–Crippen MR) is 74.8 cm³/mol. The van der Waals surface area contributed by atoms with Crippen molar-refractivity contribution in [2.75, 3.05) is 13.6 Å². The molecule has 1 heterocycles. The van der Waals surface area contributed by atoms with E-state index in [1.54, 1.807) is 0 Å². The Bertz CT molecular complexity index is 485. The minimum absolute atomic E-state index is 0.555. The van der Waals surface area contributed by atoms with Crippen molar-refractivity contribution in [3.63, 3.8) is 0 Å². The number of imidazole rings is 1. The monoisotopic (exact) mass is 243 g/mol. The van der Waals surface area contributed by atoms with E-state index in [0.717, 1.165) is 18.9 Å². The van der Waals surface area contributed by atoms with E-state index in [2.05, 4.69) is 46.1 Å². The first kappa shape index (κ1) is 12.8. The predicted octanol–water partition coefficient (Wildman–Crippen LogP) is 2.56. The van der Waals surface area contributed by atoms with Crippen LogP contribution in [0.15, 0.2) is 36.7 Å². The summed E-state index contributed by atoms with van der Waals surface area (Å²) in [7, 11) is 1.99. The van der Waals surface area contributed by atoms with Crippen LogP contribution in [-0.4, -0.2) is 23.1 Å². The molecule has 0 bridgehead atoms. The molecule has 96 valence electrons. The second-order valence-electron chi connectivity index (χ2n) is 4.80. The molecule has 0 spiro atoms. The molecule has 0 amide bonds. The van der Waals surface area contributed by atoms with Crippen LogP contribution in [0.2, 0.25) is 0 Å². The van der Waals surface area contributed by atoms with E-state index in [1.807, 2.05) is 26.4 Å². The molecule has 0 aliphatic carbocycles. The number of likely N-dealkylation sites (N-methyl/N-ethyl adjacent to an activating group) is 1. The third-order valence-corrected chi connectivity index (χ3v) is 3.34. The first-order valence-electron chi connectivity index (χ1n) is 6.42. The third-order valence-electron chi connectivity index (χ3n) is 3.34. The molecule has 0 saturated heterocycles. The molecule has 1 aromatic carbocycles. The Balaban J connectivity index is 2.06. The molecular weight excluding hydrogens is 222 g/mol. The molecule has 2 aromatic rings. The lowest BCUT2D eigenvalue weighted by molar-refractivity contribution is 0.677. The van der Waals surface area contributed by atoms with Gasteiger partial charge in [-0.15, -0.1) is 0 Å². The van der Waals surface area contributed by atoms with Crippen molar-refractivity contribution in [3.8, 4) is 0 Å². The Morgan fingerprint density at radius 3 is 2.56 bits per heavy atom. The average molecular weight is 243 g/mol. The van der Waals surface area contributed by atoms with Gasteiger partial charge < -0.3 is 9.88 Å². The largest absolute Gasteiger partial charge is 0.331 e. The van der Waals surface area contributed by atoms with Crippen molar-refractivity contribution < 1.29 is 0 Å². The SMILES string of the molecule is CNCC(C)c1ccc(Cn2ccnc2C)cc1. The van der Waals surface area contributed by atoms with E-state index in [0.29, 0.717) is 5.92 Å². The first-order valence-corrected chi connectivity index (χ1v) is 6.42. The van der Waals surface area contributed by atoms with E-state index in [4.69, 9.17) is 0 Å². The number of benzene rings is 1. The van der Waals surface area contributed by atoms with Crippen LogP contribution < -0.4 is 5.32 Å². The summed E-state index contributed by atoms with van der Waals surface area (Å²) in [5.41, 5.74) is 2.70. The summed E-state index contributed by atoms with van der Waals surface area (Å²) in [5, 5.41) is 3.21. The molecule has 1 atom stereocenters. The molecule has 1 aromatic heterocycles. The van der Waals surface area contributed by atoms with Gasteiger partial charge in [0.25, 0.3) is 0 Å². The van der Waals surface area contributed by atoms with Crippen molar-refractivity contribution in [3.05, 3.63) is 53.6 Å². The van der Waals surface area contributed by atoms with E-state index >= 15 is 0 Å². The van der Waals surface area contributed by atoms with E-state index in [9.17, 15) is 0 Å². The molecule has 0 aliphatic heterocycles. The van der Waals surface area contributed by atoms with Gasteiger partial charge in [-0.1, -0.05) is 31.2 Å². The molecule has 0 aliphatic rings. The first-order chi connectivity index (χ1) is 8.70. The minimum atomic E-state index is 0.555. The molecule has 1 unspecified atom stereocenters. The lowest BCUT2D eigenvalue weighted by Gasteiger charge is -2.12. The fourth-order valence-corrected chi connectivity index (χ4v) is 2.14. The van der Waals surface area contributed by atoms with Gasteiger partial charge >= 0.3 is 0 Å². The lowest BCUT2D eigenvalue weighted by atomic mass is 10.00. The number of hydrogen-bond donors (Lipinski definition) is 1. The summed E-state index contributed by atoms with van der Waals surface area (Å²) in [6.45, 7) is 6.18. The molecular formula is C15H21N3. The van der Waals surface area contributed by atoms with E-state index in [1.165, 1.54) is 11.1 Å². The smallest absolute Gasteiger partial charge is 0.105 e. The molecule has 2 rings (SSSR count). The number of aryl methyl sites for hydroxylation is 1. The zero-order chi connectivity index (χ0) is 13.0. The van der Waals surface area contributed by atoms with Crippen LogP contribution in [0.25, 0.3) is 0 Å². The normalized spacial score (nSPS) is 12.6. The molecule has 1 N–H and O–H groups in total. The Kier molecular flexibility index (Phi) is 4.15. The number of nitrogens with one attached hydrogen (secondary N) is 1. The second kappa shape index (κ2) is 5.83. The summed E-state index contributed by atoms with van der Waals surface area (Å²) in [6.07, 6.45) is 3.87. The van der Waals surface area contributed by atoms with Crippen molar-refractivity contribution in [2.24, 2.45) is 0 Å². The van der Waals surface area contributed by atoms with Gasteiger partial charge in [0.05, 0.1) is 0 Å². The summed E-state index contributed by atoms with van der Waals surface area (Å²) < 4.78 is 2.16. The quantitative estimate of drug-likeness (QED) is 0.874. The number of aromatic nitrogens is 2. The number of rotatable bonds is 5. The van der Waals surface area contributed by atoms with Crippen molar-refractivity contribution in [2.45, 2.75) is 26.3 Å². The number of nitrogens with zero attached hydrogens (tertiary/aromatic N) is 2. The standard InChI is InChI=1S/C15H21N3/c1-12(10-16-3)15-6-4-14(5-7-15)11-18-9-8-17-13(18)2/h4-9,12,16H,10-11H2,1-3H3. The zero-order valence-corrected chi connectivity index (χ0v) is 11.4. The second-order valence-corrected chi connectivity index (χ2v) is 4.80. The summed E-state index contributed by atoms with van der Waals surface area (Å²) in [4.78, 5) is 4.24. The highest BCUT2D eigenvalue weighted by Gasteiger charge is 2.04. The maximum atomic E-state index is 4.24. The fraction of sp³-hybridized carbons (Fsp3) is 0.400. The summed E-state index contributed by atoms with van der Waals surface area (Å²) in [5.74, 6) is 1.61. The van der Waals surface area contributed by atoms with Gasteiger partial charge in [0.1, 0.15) is 5.82 Å². The third kappa shape index (κ3) is 2.99. The van der Waals surface area contributed by atoms with Gasteiger partial charge in [0, 0.05) is 25.5 Å². The molecule has 18 heavy (non-hydrogen) atoms. The van der Waals surface area contributed by atoms with Crippen LogP contribution in [0.1, 0.15) is 29.8 Å². The van der Waals surface area contributed by atoms with E-state index < -0.39 is 0 Å². The van der Waals surface area contributed by atoms with Gasteiger partial charge in [0.2, 0.25) is 0 Å². The van der Waals surface area contributed by atoms with Gasteiger partial charge in [-0.05, 0) is 31.0 Å². The molecule has 0 saturated carbocycles. The van der Waals surface area contributed by atoms with Crippen molar-refractivity contribution >= 4 is 0 Å². The maximum Gasteiger partial charge on any atom is 0.105 e. The van der Waals surface area contributed by atoms with Crippen LogP contribution in [0.3, 0.4) is 0 Å². The zero-order valence-electron chi connectivity index (χ0n) is 11.4. The summed E-state index contributed by atoms with van der Waals surface area (Å²) in [6, 6.07) is 8.87. The van der Waals surface area contributed by atoms with Crippen LogP contribution in [-0.2, 0) is 6.54 Å². The van der Waals surface area contributed by atoms with Gasteiger partial charge in [-0.3, -0.25) is 0 Å². The van der Waals surface area contributed by atoms with E-state index in [-0.39, 0.29) is 0 Å². The van der Waals surface area contributed by atoms with Gasteiger partial charge in [-0.2, -0.15) is 0 Å². The molecule has 3 heteroatoms. The summed E-state index contributed by atoms with van der Waals surface area (Å²) >= 11 is 0. The van der Waals surface area contributed by atoms with Crippen LogP contribution >= 0.6 is 0 Å². The van der Waals surface area contributed by atoms with Crippen LogP contribution in [0.5, 0.6) is 0 Å². The van der Waals surface area contributed by atoms with Crippen molar-refractivity contribution in [1.29, 1.82) is 0 Å². The highest BCUT2D eigenvalue weighted by molar-refractivity contribution is 5.25. The lowest BCUT2D eigenvalue weighted by Crippen LogP contribution is -2.14. The Hall–Kier alpha value is -1.61. The minimum Gasteiger partial charge on any atom is -0.331 e. The maximum absolute atomic E-state index is 4.24. The van der Waals surface area contributed by atoms with Crippen LogP contribution in [0, 0.1) is 6.92 Å². The molecule has 3 nitrogen and oxygen atoms in total. The molecule has 0 radical (unpaired) electrons. The van der Waals surface area contributed by atoms with Crippen molar-refractivity contribution in [1.82, 2.24) is 14.9 Å².